The van der Waals surface area contributed by atoms with E-state index in [0.29, 0.717) is 24.2 Å². The van der Waals surface area contributed by atoms with Gasteiger partial charge in [0.25, 0.3) is 0 Å². The molecule has 0 amide bonds. The van der Waals surface area contributed by atoms with Gasteiger partial charge in [-0.3, -0.25) is 0 Å². The van der Waals surface area contributed by atoms with Crippen molar-refractivity contribution in [2.45, 2.75) is 39.3 Å². The van der Waals surface area contributed by atoms with Crippen molar-refractivity contribution < 1.29 is 4.42 Å². The fourth-order valence-corrected chi connectivity index (χ4v) is 1.79. The topological polar surface area (TPSA) is 68.8 Å². The average Bonchev–Trinajstić information content (AvgIpc) is 2.99. The van der Waals surface area contributed by atoms with E-state index in [9.17, 15) is 0 Å². The van der Waals surface area contributed by atoms with Crippen molar-refractivity contribution in [3.8, 4) is 11.6 Å². The van der Waals surface area contributed by atoms with Crippen LogP contribution in [0.4, 0.5) is 0 Å². The van der Waals surface area contributed by atoms with E-state index in [1.165, 1.54) is 12.8 Å². The molecule has 2 aromatic rings. The lowest BCUT2D eigenvalue weighted by Gasteiger charge is -2.11. The summed E-state index contributed by atoms with van der Waals surface area (Å²) in [5.74, 6) is 1.18. The minimum absolute atomic E-state index is 0.529. The highest BCUT2D eigenvalue weighted by atomic mass is 16.3. The third-order valence-corrected chi connectivity index (χ3v) is 2.72. The average molecular weight is 249 g/mol. The van der Waals surface area contributed by atoms with Crippen LogP contribution in [-0.4, -0.2) is 32.8 Å². The van der Waals surface area contributed by atoms with Gasteiger partial charge < -0.3 is 9.73 Å². The van der Waals surface area contributed by atoms with E-state index in [-0.39, 0.29) is 0 Å². The summed E-state index contributed by atoms with van der Waals surface area (Å²) in [6, 6.07) is 4.16. The summed E-state index contributed by atoms with van der Waals surface area (Å²) in [4.78, 5) is 1.59. The zero-order valence-corrected chi connectivity index (χ0v) is 10.8. The number of rotatable bonds is 7. The molecule has 0 aliphatic heterocycles. The fourth-order valence-electron chi connectivity index (χ4n) is 1.79. The summed E-state index contributed by atoms with van der Waals surface area (Å²) in [5, 5.41) is 15.6. The summed E-state index contributed by atoms with van der Waals surface area (Å²) in [6.45, 7) is 5.93. The number of nitrogens with one attached hydrogen (secondary N) is 1. The zero-order valence-electron chi connectivity index (χ0n) is 10.8. The van der Waals surface area contributed by atoms with Crippen molar-refractivity contribution in [2.75, 3.05) is 6.54 Å². The van der Waals surface area contributed by atoms with Gasteiger partial charge in [0, 0.05) is 12.6 Å². The Morgan fingerprint density at radius 1 is 1.50 bits per heavy atom. The molecule has 2 aromatic heterocycles. The van der Waals surface area contributed by atoms with Crippen LogP contribution in [0.2, 0.25) is 0 Å². The normalized spacial score (nSPS) is 12.8. The first-order chi connectivity index (χ1) is 8.79. The quantitative estimate of drug-likeness (QED) is 0.809. The third-order valence-electron chi connectivity index (χ3n) is 2.72. The van der Waals surface area contributed by atoms with Crippen molar-refractivity contribution in [1.29, 1.82) is 0 Å². The predicted octanol–water partition coefficient (Wildman–Crippen LogP) is 1.71. The van der Waals surface area contributed by atoms with Crippen molar-refractivity contribution in [3.63, 3.8) is 0 Å². The number of nitrogens with zero attached hydrogens (tertiary/aromatic N) is 4. The SMILES string of the molecule is CCCC(C)NCCn1nnc(-c2ccco2)n1. The van der Waals surface area contributed by atoms with Gasteiger partial charge in [-0.05, 0) is 30.7 Å². The first kappa shape index (κ1) is 12.8. The molecule has 0 spiro atoms. The lowest BCUT2D eigenvalue weighted by molar-refractivity contribution is 0.444. The van der Waals surface area contributed by atoms with Gasteiger partial charge in [-0.25, -0.2) is 0 Å². The Kier molecular flexibility index (Phi) is 4.46. The van der Waals surface area contributed by atoms with Crippen LogP contribution < -0.4 is 5.32 Å². The van der Waals surface area contributed by atoms with Crippen LogP contribution in [0, 0.1) is 0 Å². The number of furan rings is 1. The molecule has 0 aromatic carbocycles. The molecular formula is C12H19N5O. The van der Waals surface area contributed by atoms with Gasteiger partial charge in [0.2, 0.25) is 5.82 Å². The molecule has 0 radical (unpaired) electrons. The van der Waals surface area contributed by atoms with Crippen LogP contribution in [-0.2, 0) is 6.54 Å². The Labute approximate surface area is 106 Å². The summed E-state index contributed by atoms with van der Waals surface area (Å²) in [6.07, 6.45) is 3.98. The maximum absolute atomic E-state index is 5.21. The molecule has 1 N–H and O–H groups in total. The first-order valence-electron chi connectivity index (χ1n) is 6.34. The molecule has 98 valence electrons. The number of hydrogen-bond donors (Lipinski definition) is 1. The van der Waals surface area contributed by atoms with E-state index in [4.69, 9.17) is 4.42 Å². The molecule has 1 atom stereocenters. The molecule has 18 heavy (non-hydrogen) atoms. The summed E-state index contributed by atoms with van der Waals surface area (Å²) in [5.41, 5.74) is 0. The number of tetrazole rings is 1. The lowest BCUT2D eigenvalue weighted by Crippen LogP contribution is -2.29. The Balaban J connectivity index is 1.81. The van der Waals surface area contributed by atoms with E-state index in [1.54, 1.807) is 11.1 Å². The molecule has 6 nitrogen and oxygen atoms in total. The molecule has 2 rings (SSSR count). The van der Waals surface area contributed by atoms with Gasteiger partial charge in [-0.2, -0.15) is 4.80 Å². The molecule has 0 aliphatic rings. The first-order valence-corrected chi connectivity index (χ1v) is 6.34. The fraction of sp³-hybridized carbons (Fsp3) is 0.583. The Hall–Kier alpha value is -1.69. The highest BCUT2D eigenvalue weighted by molar-refractivity contribution is 5.43. The van der Waals surface area contributed by atoms with E-state index in [2.05, 4.69) is 34.6 Å². The molecule has 2 heterocycles. The minimum atomic E-state index is 0.529. The van der Waals surface area contributed by atoms with E-state index in [1.807, 2.05) is 12.1 Å². The lowest BCUT2D eigenvalue weighted by atomic mass is 10.2. The summed E-state index contributed by atoms with van der Waals surface area (Å²) >= 11 is 0. The van der Waals surface area contributed by atoms with Gasteiger partial charge in [0.15, 0.2) is 5.76 Å². The third kappa shape index (κ3) is 3.40. The van der Waals surface area contributed by atoms with E-state index in [0.717, 1.165) is 6.54 Å². The van der Waals surface area contributed by atoms with Crippen LogP contribution >= 0.6 is 0 Å². The van der Waals surface area contributed by atoms with E-state index >= 15 is 0 Å². The second kappa shape index (κ2) is 6.30. The minimum Gasteiger partial charge on any atom is -0.461 e. The Morgan fingerprint density at radius 3 is 3.11 bits per heavy atom. The van der Waals surface area contributed by atoms with Gasteiger partial charge in [-0.15, -0.1) is 10.2 Å². The van der Waals surface area contributed by atoms with Crippen LogP contribution in [0.25, 0.3) is 11.6 Å². The zero-order chi connectivity index (χ0) is 12.8. The molecule has 0 fully saturated rings. The van der Waals surface area contributed by atoms with Crippen LogP contribution in [0.1, 0.15) is 26.7 Å². The van der Waals surface area contributed by atoms with Crippen molar-refractivity contribution in [3.05, 3.63) is 18.4 Å². The molecular weight excluding hydrogens is 230 g/mol. The van der Waals surface area contributed by atoms with Gasteiger partial charge in [0.1, 0.15) is 0 Å². The van der Waals surface area contributed by atoms with Crippen molar-refractivity contribution in [1.82, 2.24) is 25.5 Å². The second-order valence-electron chi connectivity index (χ2n) is 4.33. The number of hydrogen-bond acceptors (Lipinski definition) is 5. The highest BCUT2D eigenvalue weighted by Crippen LogP contribution is 2.12. The Morgan fingerprint density at radius 2 is 2.39 bits per heavy atom. The maximum atomic E-state index is 5.21. The molecule has 0 saturated carbocycles. The molecule has 1 unspecified atom stereocenters. The maximum Gasteiger partial charge on any atom is 0.240 e. The predicted molar refractivity (Wildman–Crippen MR) is 67.9 cm³/mol. The Bertz CT molecular complexity index is 451. The van der Waals surface area contributed by atoms with E-state index < -0.39 is 0 Å². The van der Waals surface area contributed by atoms with Crippen LogP contribution in [0.5, 0.6) is 0 Å². The second-order valence-corrected chi connectivity index (χ2v) is 4.33. The molecule has 6 heteroatoms. The largest absolute Gasteiger partial charge is 0.461 e. The van der Waals surface area contributed by atoms with Gasteiger partial charge in [-0.1, -0.05) is 13.3 Å². The summed E-state index contributed by atoms with van der Waals surface area (Å²) < 4.78 is 5.21. The van der Waals surface area contributed by atoms with Gasteiger partial charge >= 0.3 is 0 Å². The van der Waals surface area contributed by atoms with Gasteiger partial charge in [0.05, 0.1) is 12.8 Å². The monoisotopic (exact) mass is 249 g/mol. The smallest absolute Gasteiger partial charge is 0.240 e. The van der Waals surface area contributed by atoms with Crippen molar-refractivity contribution in [2.24, 2.45) is 0 Å². The molecule has 0 saturated heterocycles. The van der Waals surface area contributed by atoms with Crippen molar-refractivity contribution >= 4 is 0 Å². The summed E-state index contributed by atoms with van der Waals surface area (Å²) in [7, 11) is 0. The highest BCUT2D eigenvalue weighted by Gasteiger charge is 2.08. The molecule has 0 aliphatic carbocycles. The standard InChI is InChI=1S/C12H19N5O/c1-3-5-10(2)13-7-8-17-15-12(14-16-17)11-6-4-9-18-11/h4,6,9-10,13H,3,5,7-8H2,1-2H3. The van der Waals surface area contributed by atoms with Crippen LogP contribution in [0.15, 0.2) is 22.8 Å². The van der Waals surface area contributed by atoms with Crippen LogP contribution in [0.3, 0.4) is 0 Å². The number of aromatic nitrogens is 4. The molecule has 0 bridgehead atoms.